The first-order chi connectivity index (χ1) is 48.9. The molecule has 0 saturated heterocycles. The molecule has 0 heterocycles. The van der Waals surface area contributed by atoms with Crippen molar-refractivity contribution in [1.82, 2.24) is 0 Å². The minimum Gasteiger partial charge on any atom is -0.550 e. The molecule has 0 aromatic rings. The van der Waals surface area contributed by atoms with Crippen LogP contribution in [0.5, 0.6) is 0 Å². The largest absolute Gasteiger partial charge is 3.00 e. The average Bonchev–Trinajstić information content (AvgIpc) is 3.77. The summed E-state index contributed by atoms with van der Waals surface area (Å²) in [5.41, 5.74) is 0. The molecule has 0 N–H and O–H groups in total. The summed E-state index contributed by atoms with van der Waals surface area (Å²) in [6.45, 7) is 11.3. The van der Waals surface area contributed by atoms with E-state index in [1.54, 1.807) is 0 Å². The molecule has 12 heteroatoms. The zero-order chi connectivity index (χ0) is 74.5. The zero-order valence-electron chi connectivity index (χ0n) is 69.4. The molecule has 10 nitrogen and oxygen atoms in total. The van der Waals surface area contributed by atoms with Crippen LogP contribution in [0.1, 0.15) is 548 Å². The van der Waals surface area contributed by atoms with Gasteiger partial charge in [-0.15, -0.1) is 0 Å². The van der Waals surface area contributed by atoms with Crippen LogP contribution in [0.3, 0.4) is 0 Å². The molecule has 0 spiro atoms. The topological polar surface area (TPSA) is 201 Å². The van der Waals surface area contributed by atoms with Gasteiger partial charge in [-0.3, -0.25) is 0 Å². The summed E-state index contributed by atoms with van der Waals surface area (Å²) in [7, 11) is 0. The van der Waals surface area contributed by atoms with Crippen LogP contribution in [0.25, 0.3) is 0 Å². The first kappa shape index (κ1) is 114. The monoisotopic (exact) mass is 1600 g/mol. The Balaban J connectivity index is -0.000000220. The molecule has 0 amide bonds. The fourth-order valence-electron chi connectivity index (χ4n) is 13.2. The molecular formula is C90H175InO10Zn. The molecule has 0 atom stereocenters. The smallest absolute Gasteiger partial charge is 0.550 e. The van der Waals surface area contributed by atoms with Crippen LogP contribution in [0.15, 0.2) is 0 Å². The molecule has 102 heavy (non-hydrogen) atoms. The quantitative estimate of drug-likeness (QED) is 0.0417. The molecule has 0 aliphatic rings. The summed E-state index contributed by atoms with van der Waals surface area (Å²) in [5, 5.41) is 51.1. The second kappa shape index (κ2) is 111. The predicted molar refractivity (Wildman–Crippen MR) is 429 cm³/mol. The SMILES string of the molecule is CCCCCCCCCCCCCCCCCC(=O)[O-].CCCCCCCCCCCCCCCCCC(=O)[O-].CCCCCCCCCCCCCCCCCC(=O)[O-].CCCCCCCCCCCCCCCCCC(=O)[O-].CCCCCCCCCCCCCCCCCC(=O)[O-].[In+3].[Zn+2]. The maximum atomic E-state index is 10.2. The maximum absolute atomic E-state index is 10.2. The van der Waals surface area contributed by atoms with E-state index >= 15 is 0 Å². The number of hydrogen-bond donors (Lipinski definition) is 0. The summed E-state index contributed by atoms with van der Waals surface area (Å²) in [4.78, 5) is 51.1. The van der Waals surface area contributed by atoms with Crippen LogP contribution in [0, 0.1) is 0 Å². The van der Waals surface area contributed by atoms with E-state index in [2.05, 4.69) is 34.6 Å². The van der Waals surface area contributed by atoms with Crippen LogP contribution in [-0.4, -0.2) is 55.7 Å². The normalized spacial score (nSPS) is 10.6. The standard InChI is InChI=1S/5C18H36O2.In.Zn/c5*1-2-3-4-5-6-7-8-9-10-11-12-13-14-15-16-17-18(19)20;;/h5*2-17H2,1H3,(H,19,20);;/q;;;;;+3;+2/p-5. The van der Waals surface area contributed by atoms with Crippen molar-refractivity contribution < 1.29 is 69.0 Å². The first-order valence-electron chi connectivity index (χ1n) is 44.8. The van der Waals surface area contributed by atoms with Crippen molar-refractivity contribution >= 4 is 55.7 Å². The molecule has 600 valence electrons. The van der Waals surface area contributed by atoms with Gasteiger partial charge in [0.05, 0.1) is 0 Å². The average molecular weight is 1600 g/mol. The van der Waals surface area contributed by atoms with E-state index in [9.17, 15) is 49.5 Å². The number of aliphatic carboxylic acids is 5. The summed E-state index contributed by atoms with van der Waals surface area (Å²) < 4.78 is 0. The van der Waals surface area contributed by atoms with E-state index in [1.165, 1.54) is 417 Å². The van der Waals surface area contributed by atoms with Crippen LogP contribution in [0.4, 0.5) is 0 Å². The van der Waals surface area contributed by atoms with E-state index in [1.807, 2.05) is 0 Å². The third kappa shape index (κ3) is 135. The van der Waals surface area contributed by atoms with Crippen molar-refractivity contribution in [3.8, 4) is 0 Å². The summed E-state index contributed by atoms with van der Waals surface area (Å²) in [6, 6.07) is 0. The van der Waals surface area contributed by atoms with Gasteiger partial charge in [-0.05, 0) is 64.2 Å². The molecule has 0 bridgehead atoms. The molecular weight excluding hydrogens is 1420 g/mol. The van der Waals surface area contributed by atoms with Crippen molar-refractivity contribution in [2.24, 2.45) is 0 Å². The molecule has 0 aromatic heterocycles. The molecule has 0 aromatic carbocycles. The second-order valence-electron chi connectivity index (χ2n) is 30.4. The number of rotatable bonds is 80. The van der Waals surface area contributed by atoms with Gasteiger partial charge in [0.25, 0.3) is 0 Å². The molecule has 0 aliphatic carbocycles. The van der Waals surface area contributed by atoms with Crippen LogP contribution < -0.4 is 25.5 Å². The van der Waals surface area contributed by atoms with Crippen molar-refractivity contribution in [1.29, 1.82) is 0 Å². The summed E-state index contributed by atoms with van der Waals surface area (Å²) in [6.07, 6.45) is 99.3. The van der Waals surface area contributed by atoms with E-state index in [0.717, 1.165) is 64.2 Å². The number of carbonyl (C=O) groups excluding carboxylic acids is 5. The third-order valence-corrected chi connectivity index (χ3v) is 19.9. The van der Waals surface area contributed by atoms with E-state index < -0.39 is 29.8 Å². The summed E-state index contributed by atoms with van der Waals surface area (Å²) in [5.74, 6) is -4.52. The van der Waals surface area contributed by atoms with E-state index in [4.69, 9.17) is 0 Å². The van der Waals surface area contributed by atoms with Crippen LogP contribution >= 0.6 is 0 Å². The van der Waals surface area contributed by atoms with Crippen molar-refractivity contribution in [3.63, 3.8) is 0 Å². The Morgan fingerprint density at radius 3 is 0.255 bits per heavy atom. The van der Waals surface area contributed by atoms with Crippen molar-refractivity contribution in [2.75, 3.05) is 0 Å². The maximum Gasteiger partial charge on any atom is 3.00 e. The number of carboxylic acids is 5. The van der Waals surface area contributed by atoms with Gasteiger partial charge in [-0.2, -0.15) is 0 Å². The Morgan fingerprint density at radius 1 is 0.137 bits per heavy atom. The molecule has 0 radical (unpaired) electrons. The number of hydrogen-bond acceptors (Lipinski definition) is 10. The Morgan fingerprint density at radius 2 is 0.196 bits per heavy atom. The predicted octanol–water partition coefficient (Wildman–Crippen LogP) is 24.6. The first-order valence-corrected chi connectivity index (χ1v) is 44.8. The molecule has 0 fully saturated rings. The molecule has 0 aliphatic heterocycles. The molecule has 0 saturated carbocycles. The van der Waals surface area contributed by atoms with Gasteiger partial charge in [-0.1, -0.05) is 484 Å². The Bertz CT molecular complexity index is 1280. The molecule has 0 unspecified atom stereocenters. The second-order valence-corrected chi connectivity index (χ2v) is 30.4. The van der Waals surface area contributed by atoms with Crippen molar-refractivity contribution in [3.05, 3.63) is 0 Å². The fraction of sp³-hybridized carbons (Fsp3) is 0.944. The zero-order valence-corrected chi connectivity index (χ0v) is 75.7. The minimum absolute atomic E-state index is 0. The van der Waals surface area contributed by atoms with Gasteiger partial charge in [0.2, 0.25) is 0 Å². The number of carboxylic acid groups (broad SMARTS) is 5. The van der Waals surface area contributed by atoms with Gasteiger partial charge >= 0.3 is 45.3 Å². The van der Waals surface area contributed by atoms with Crippen LogP contribution in [-0.2, 0) is 43.5 Å². The van der Waals surface area contributed by atoms with E-state index in [0.29, 0.717) is 0 Å². The van der Waals surface area contributed by atoms with Gasteiger partial charge in [-0.25, -0.2) is 0 Å². The van der Waals surface area contributed by atoms with Gasteiger partial charge in [0.15, 0.2) is 0 Å². The number of unbranched alkanes of at least 4 members (excludes halogenated alkanes) is 70. The van der Waals surface area contributed by atoms with Crippen molar-refractivity contribution in [2.45, 2.75) is 548 Å². The van der Waals surface area contributed by atoms with Crippen LogP contribution in [0.2, 0.25) is 0 Å². The van der Waals surface area contributed by atoms with Gasteiger partial charge in [0.1, 0.15) is 0 Å². The summed E-state index contributed by atoms with van der Waals surface area (Å²) >= 11 is 0. The molecule has 0 rings (SSSR count). The Labute approximate surface area is 668 Å². The van der Waals surface area contributed by atoms with Gasteiger partial charge < -0.3 is 49.5 Å². The van der Waals surface area contributed by atoms with E-state index in [-0.39, 0.29) is 77.4 Å². The number of carbonyl (C=O) groups is 5. The van der Waals surface area contributed by atoms with Gasteiger partial charge in [0, 0.05) is 29.8 Å². The fourth-order valence-corrected chi connectivity index (χ4v) is 13.2. The Kier molecular flexibility index (Phi) is 124. The third-order valence-electron chi connectivity index (χ3n) is 19.9. The Hall–Kier alpha value is -1.16. The minimum atomic E-state index is -0.903.